The van der Waals surface area contributed by atoms with Gasteiger partial charge in [-0.3, -0.25) is 9.59 Å². The molecule has 0 radical (unpaired) electrons. The van der Waals surface area contributed by atoms with E-state index >= 15 is 0 Å². The van der Waals surface area contributed by atoms with Crippen molar-refractivity contribution >= 4 is 23.5 Å². The van der Waals surface area contributed by atoms with Crippen molar-refractivity contribution < 1.29 is 37.4 Å². The number of hydrogen-bond acceptors (Lipinski definition) is 5. The molecule has 3 N–H and O–H groups in total. The van der Waals surface area contributed by atoms with Gasteiger partial charge < -0.3 is 20.5 Å². The van der Waals surface area contributed by atoms with Crippen LogP contribution in [-0.2, 0) is 20.5 Å². The van der Waals surface area contributed by atoms with E-state index in [0.29, 0.717) is 0 Å². The van der Waals surface area contributed by atoms with Gasteiger partial charge in [-0.15, -0.1) is 0 Å². The molecule has 7 nitrogen and oxygen atoms in total. The Bertz CT molecular complexity index is 880. The second-order valence-corrected chi connectivity index (χ2v) is 5.87. The number of rotatable bonds is 5. The number of amides is 2. The van der Waals surface area contributed by atoms with Gasteiger partial charge >= 0.3 is 24.0 Å². The SMILES string of the molecule is COC(=O)c1ccc(NC(=O)C(=O)NC[C@H](O)c2ccc(C(F)(F)F)cc2)cc1. The summed E-state index contributed by atoms with van der Waals surface area (Å²) in [7, 11) is 1.22. The lowest BCUT2D eigenvalue weighted by atomic mass is 10.1. The number of hydrogen-bond donors (Lipinski definition) is 3. The van der Waals surface area contributed by atoms with Gasteiger partial charge in [0.25, 0.3) is 0 Å². The third-order valence-electron chi connectivity index (χ3n) is 3.85. The highest BCUT2D eigenvalue weighted by Crippen LogP contribution is 2.29. The van der Waals surface area contributed by atoms with Gasteiger partial charge in [-0.05, 0) is 42.0 Å². The zero-order valence-corrected chi connectivity index (χ0v) is 15.1. The summed E-state index contributed by atoms with van der Waals surface area (Å²) >= 11 is 0. The fourth-order valence-electron chi connectivity index (χ4n) is 2.28. The van der Waals surface area contributed by atoms with Gasteiger partial charge in [0.1, 0.15) is 0 Å². The molecule has 2 amide bonds. The van der Waals surface area contributed by atoms with Crippen LogP contribution in [0.3, 0.4) is 0 Å². The fourth-order valence-corrected chi connectivity index (χ4v) is 2.28. The molecule has 0 spiro atoms. The molecule has 0 saturated heterocycles. The van der Waals surface area contributed by atoms with E-state index in [1.165, 1.54) is 31.4 Å². The number of nitrogens with one attached hydrogen (secondary N) is 2. The second kappa shape index (κ2) is 9.20. The minimum Gasteiger partial charge on any atom is -0.465 e. The van der Waals surface area contributed by atoms with Gasteiger partial charge in [0.05, 0.1) is 24.3 Å². The van der Waals surface area contributed by atoms with Crippen molar-refractivity contribution in [2.75, 3.05) is 19.0 Å². The van der Waals surface area contributed by atoms with Crippen molar-refractivity contribution in [2.24, 2.45) is 0 Å². The van der Waals surface area contributed by atoms with Gasteiger partial charge in [-0.25, -0.2) is 4.79 Å². The minimum absolute atomic E-state index is 0.150. The Morgan fingerprint density at radius 3 is 2.10 bits per heavy atom. The molecular formula is C19H17F3N2O5. The molecule has 154 valence electrons. The maximum atomic E-state index is 12.5. The molecule has 0 heterocycles. The summed E-state index contributed by atoms with van der Waals surface area (Å²) in [4.78, 5) is 35.0. The van der Waals surface area contributed by atoms with Crippen LogP contribution in [0.15, 0.2) is 48.5 Å². The van der Waals surface area contributed by atoms with E-state index in [9.17, 15) is 32.7 Å². The lowest BCUT2D eigenvalue weighted by Crippen LogP contribution is -2.37. The van der Waals surface area contributed by atoms with Gasteiger partial charge in [0.2, 0.25) is 0 Å². The summed E-state index contributed by atoms with van der Waals surface area (Å²) in [5.41, 5.74) is -0.206. The van der Waals surface area contributed by atoms with Crippen LogP contribution < -0.4 is 10.6 Å². The first-order valence-corrected chi connectivity index (χ1v) is 8.24. The average Bonchev–Trinajstić information content (AvgIpc) is 2.71. The predicted molar refractivity (Wildman–Crippen MR) is 95.8 cm³/mol. The number of carbonyl (C=O) groups excluding carboxylic acids is 3. The molecule has 0 aliphatic heterocycles. The van der Waals surface area contributed by atoms with Crippen LogP contribution in [0.5, 0.6) is 0 Å². The first kappa shape index (κ1) is 21.9. The van der Waals surface area contributed by atoms with E-state index < -0.39 is 35.6 Å². The molecule has 0 aliphatic rings. The van der Waals surface area contributed by atoms with Crippen molar-refractivity contribution in [3.05, 3.63) is 65.2 Å². The quantitative estimate of drug-likeness (QED) is 0.518. The molecule has 0 aromatic heterocycles. The Labute approximate surface area is 163 Å². The number of aliphatic hydroxyl groups excluding tert-OH is 1. The number of alkyl halides is 3. The third kappa shape index (κ3) is 6.04. The van der Waals surface area contributed by atoms with Crippen LogP contribution in [0.1, 0.15) is 27.6 Å². The van der Waals surface area contributed by atoms with Crippen molar-refractivity contribution in [1.82, 2.24) is 5.32 Å². The maximum absolute atomic E-state index is 12.5. The number of esters is 1. The van der Waals surface area contributed by atoms with E-state index in [0.717, 1.165) is 24.3 Å². The summed E-state index contributed by atoms with van der Waals surface area (Å²) in [6.45, 7) is -0.376. The van der Waals surface area contributed by atoms with E-state index in [1.54, 1.807) is 0 Å². The highest BCUT2D eigenvalue weighted by atomic mass is 19.4. The van der Waals surface area contributed by atoms with Crippen LogP contribution in [0.25, 0.3) is 0 Å². The Morgan fingerprint density at radius 2 is 1.59 bits per heavy atom. The molecule has 10 heteroatoms. The molecule has 2 aromatic rings. The lowest BCUT2D eigenvalue weighted by Gasteiger charge is -2.13. The van der Waals surface area contributed by atoms with Crippen LogP contribution >= 0.6 is 0 Å². The highest BCUT2D eigenvalue weighted by Gasteiger charge is 2.30. The predicted octanol–water partition coefficient (Wildman–Crippen LogP) is 2.28. The number of aliphatic hydroxyl groups is 1. The monoisotopic (exact) mass is 410 g/mol. The van der Waals surface area contributed by atoms with Crippen molar-refractivity contribution in [1.29, 1.82) is 0 Å². The molecule has 2 aromatic carbocycles. The Balaban J connectivity index is 1.88. The Morgan fingerprint density at radius 1 is 1.00 bits per heavy atom. The van der Waals surface area contributed by atoms with E-state index in [-0.39, 0.29) is 23.4 Å². The van der Waals surface area contributed by atoms with E-state index in [4.69, 9.17) is 0 Å². The Kier molecular flexibility index (Phi) is 6.94. The standard InChI is InChI=1S/C19H17F3N2O5/c1-29-18(28)12-4-8-14(9-5-12)24-17(27)16(26)23-10-15(25)11-2-6-13(7-3-11)19(20,21)22/h2-9,15,25H,10H2,1H3,(H,23,26)(H,24,27)/t15-/m0/s1. The first-order chi connectivity index (χ1) is 13.6. The number of methoxy groups -OCH3 is 1. The maximum Gasteiger partial charge on any atom is 0.416 e. The van der Waals surface area contributed by atoms with E-state index in [1.807, 2.05) is 0 Å². The second-order valence-electron chi connectivity index (χ2n) is 5.87. The fraction of sp³-hybridized carbons (Fsp3) is 0.211. The third-order valence-corrected chi connectivity index (χ3v) is 3.85. The van der Waals surface area contributed by atoms with Crippen LogP contribution in [0.4, 0.5) is 18.9 Å². The van der Waals surface area contributed by atoms with Gasteiger partial charge in [0.15, 0.2) is 0 Å². The summed E-state index contributed by atoms with van der Waals surface area (Å²) < 4.78 is 42.1. The zero-order valence-electron chi connectivity index (χ0n) is 15.1. The van der Waals surface area contributed by atoms with Gasteiger partial charge in [0, 0.05) is 12.2 Å². The lowest BCUT2D eigenvalue weighted by molar-refractivity contribution is -0.137. The normalized spacial score (nSPS) is 12.0. The first-order valence-electron chi connectivity index (χ1n) is 8.24. The molecule has 2 rings (SSSR count). The molecule has 0 saturated carbocycles. The number of anilines is 1. The zero-order chi connectivity index (χ0) is 21.6. The van der Waals surface area contributed by atoms with Gasteiger partial charge in [-0.1, -0.05) is 12.1 Å². The average molecular weight is 410 g/mol. The summed E-state index contributed by atoms with van der Waals surface area (Å²) in [5.74, 6) is -2.62. The molecule has 0 fully saturated rings. The van der Waals surface area contributed by atoms with Crippen molar-refractivity contribution in [2.45, 2.75) is 12.3 Å². The van der Waals surface area contributed by atoms with Crippen LogP contribution in [0.2, 0.25) is 0 Å². The van der Waals surface area contributed by atoms with Crippen LogP contribution in [-0.4, -0.2) is 36.5 Å². The number of halogens is 3. The number of carbonyl (C=O) groups is 3. The van der Waals surface area contributed by atoms with Crippen molar-refractivity contribution in [3.63, 3.8) is 0 Å². The molecule has 0 bridgehead atoms. The smallest absolute Gasteiger partial charge is 0.416 e. The molecule has 29 heavy (non-hydrogen) atoms. The molecule has 0 unspecified atom stereocenters. The molecule has 1 atom stereocenters. The summed E-state index contributed by atoms with van der Waals surface area (Å²) in [6, 6.07) is 9.38. The van der Waals surface area contributed by atoms with E-state index in [2.05, 4.69) is 15.4 Å². The summed E-state index contributed by atoms with van der Waals surface area (Å²) in [6.07, 6.45) is -5.79. The van der Waals surface area contributed by atoms with Crippen LogP contribution in [0, 0.1) is 0 Å². The minimum atomic E-state index is -4.50. The van der Waals surface area contributed by atoms with Crippen molar-refractivity contribution in [3.8, 4) is 0 Å². The van der Waals surface area contributed by atoms with Gasteiger partial charge in [-0.2, -0.15) is 13.2 Å². The topological polar surface area (TPSA) is 105 Å². The number of ether oxygens (including phenoxy) is 1. The highest BCUT2D eigenvalue weighted by molar-refractivity contribution is 6.39. The number of benzene rings is 2. The summed E-state index contributed by atoms with van der Waals surface area (Å²) in [5, 5.41) is 14.5. The largest absolute Gasteiger partial charge is 0.465 e. The Hall–Kier alpha value is -3.40. The molecule has 0 aliphatic carbocycles. The molecular weight excluding hydrogens is 393 g/mol.